The molecule has 1 saturated heterocycles. The molecule has 3 nitrogen and oxygen atoms in total. The van der Waals surface area contributed by atoms with Gasteiger partial charge in [-0.3, -0.25) is 9.69 Å². The highest BCUT2D eigenvalue weighted by Gasteiger charge is 2.44. The van der Waals surface area contributed by atoms with Crippen LogP contribution < -0.4 is 0 Å². The number of rotatable bonds is 3. The third-order valence-electron chi connectivity index (χ3n) is 5.51. The van der Waals surface area contributed by atoms with Crippen LogP contribution in [0.3, 0.4) is 0 Å². The van der Waals surface area contributed by atoms with Crippen molar-refractivity contribution in [1.29, 1.82) is 0 Å². The van der Waals surface area contributed by atoms with E-state index in [0.717, 1.165) is 31.3 Å². The topological polar surface area (TPSA) is 40.5 Å². The average molecular weight is 251 g/mol. The largest absolute Gasteiger partial charge is 0.481 e. The standard InChI is InChI=1S/C15H25NO2/c1-15(14(17)18)7-8-16(10-15)13-4-2-3-12(9-13)11-5-6-11/h11-13H,2-10H2,1H3,(H,17,18). The molecule has 0 aromatic carbocycles. The molecular formula is C15H25NO2. The first-order chi connectivity index (χ1) is 8.58. The summed E-state index contributed by atoms with van der Waals surface area (Å²) >= 11 is 0. The van der Waals surface area contributed by atoms with Crippen LogP contribution in [0.25, 0.3) is 0 Å². The number of carboxylic acid groups (broad SMARTS) is 1. The van der Waals surface area contributed by atoms with Crippen LogP contribution in [-0.2, 0) is 4.79 Å². The van der Waals surface area contributed by atoms with Crippen LogP contribution in [0.4, 0.5) is 0 Å². The second-order valence-electron chi connectivity index (χ2n) is 7.00. The Morgan fingerprint density at radius 3 is 2.61 bits per heavy atom. The van der Waals surface area contributed by atoms with Crippen molar-refractivity contribution in [3.8, 4) is 0 Å². The summed E-state index contributed by atoms with van der Waals surface area (Å²) in [4.78, 5) is 13.8. The van der Waals surface area contributed by atoms with Crippen LogP contribution >= 0.6 is 0 Å². The zero-order chi connectivity index (χ0) is 12.8. The molecule has 0 spiro atoms. The molecule has 0 radical (unpaired) electrons. The van der Waals surface area contributed by atoms with Crippen molar-refractivity contribution in [2.45, 2.75) is 57.9 Å². The highest BCUT2D eigenvalue weighted by molar-refractivity contribution is 5.74. The first-order valence-corrected chi connectivity index (χ1v) is 7.56. The van der Waals surface area contributed by atoms with E-state index in [4.69, 9.17) is 0 Å². The van der Waals surface area contributed by atoms with Crippen molar-refractivity contribution < 1.29 is 9.90 Å². The Morgan fingerprint density at radius 2 is 2.00 bits per heavy atom. The van der Waals surface area contributed by atoms with Crippen molar-refractivity contribution in [3.63, 3.8) is 0 Å². The summed E-state index contributed by atoms with van der Waals surface area (Å²) < 4.78 is 0. The predicted octanol–water partition coefficient (Wildman–Crippen LogP) is 2.75. The molecule has 0 aromatic heterocycles. The molecule has 18 heavy (non-hydrogen) atoms. The molecule has 3 unspecified atom stereocenters. The molecule has 0 bridgehead atoms. The maximum absolute atomic E-state index is 11.3. The zero-order valence-corrected chi connectivity index (χ0v) is 11.4. The third-order valence-corrected chi connectivity index (χ3v) is 5.51. The van der Waals surface area contributed by atoms with Crippen molar-refractivity contribution in [1.82, 2.24) is 4.90 Å². The van der Waals surface area contributed by atoms with E-state index >= 15 is 0 Å². The van der Waals surface area contributed by atoms with E-state index in [1.165, 1.54) is 38.5 Å². The Bertz CT molecular complexity index is 339. The fourth-order valence-electron chi connectivity index (χ4n) is 4.01. The third kappa shape index (κ3) is 2.29. The second kappa shape index (κ2) is 4.52. The van der Waals surface area contributed by atoms with E-state index < -0.39 is 11.4 Å². The van der Waals surface area contributed by atoms with Gasteiger partial charge in [0.15, 0.2) is 0 Å². The molecule has 0 amide bonds. The lowest BCUT2D eigenvalue weighted by atomic mass is 9.82. The van der Waals surface area contributed by atoms with Crippen LogP contribution in [0.5, 0.6) is 0 Å². The van der Waals surface area contributed by atoms with E-state index in [-0.39, 0.29) is 0 Å². The lowest BCUT2D eigenvalue weighted by Crippen LogP contribution is -2.40. The van der Waals surface area contributed by atoms with Crippen molar-refractivity contribution >= 4 is 5.97 Å². The molecule has 3 aliphatic rings. The van der Waals surface area contributed by atoms with Gasteiger partial charge in [0.05, 0.1) is 5.41 Å². The quantitative estimate of drug-likeness (QED) is 0.838. The Morgan fingerprint density at radius 1 is 1.22 bits per heavy atom. The summed E-state index contributed by atoms with van der Waals surface area (Å²) in [6, 6.07) is 0.672. The number of carbonyl (C=O) groups is 1. The Labute approximate surface area is 110 Å². The first-order valence-electron chi connectivity index (χ1n) is 7.56. The minimum absolute atomic E-state index is 0.494. The van der Waals surface area contributed by atoms with Gasteiger partial charge in [-0.1, -0.05) is 12.8 Å². The molecule has 1 heterocycles. The Hall–Kier alpha value is -0.570. The molecular weight excluding hydrogens is 226 g/mol. The highest BCUT2D eigenvalue weighted by atomic mass is 16.4. The summed E-state index contributed by atoms with van der Waals surface area (Å²) in [6.45, 7) is 3.67. The second-order valence-corrected chi connectivity index (χ2v) is 7.00. The van der Waals surface area contributed by atoms with Gasteiger partial charge in [-0.15, -0.1) is 0 Å². The molecule has 3 rings (SSSR count). The van der Waals surface area contributed by atoms with Crippen LogP contribution in [-0.4, -0.2) is 35.1 Å². The molecule has 3 heteroatoms. The summed E-state index contributed by atoms with van der Waals surface area (Å²) in [7, 11) is 0. The van der Waals surface area contributed by atoms with Crippen molar-refractivity contribution in [2.75, 3.05) is 13.1 Å². The molecule has 3 atom stereocenters. The van der Waals surface area contributed by atoms with Crippen molar-refractivity contribution in [3.05, 3.63) is 0 Å². The fraction of sp³-hybridized carbons (Fsp3) is 0.933. The van der Waals surface area contributed by atoms with Gasteiger partial charge in [-0.05, 0) is 57.4 Å². The van der Waals surface area contributed by atoms with Gasteiger partial charge in [0, 0.05) is 12.6 Å². The van der Waals surface area contributed by atoms with Gasteiger partial charge in [-0.25, -0.2) is 0 Å². The number of nitrogens with zero attached hydrogens (tertiary/aromatic N) is 1. The average Bonchev–Trinajstić information content (AvgIpc) is 3.13. The Balaban J connectivity index is 1.60. The summed E-state index contributed by atoms with van der Waals surface area (Å²) in [5.74, 6) is 1.35. The fourth-order valence-corrected chi connectivity index (χ4v) is 4.01. The smallest absolute Gasteiger partial charge is 0.310 e. The normalized spacial score (nSPS) is 42.1. The van der Waals surface area contributed by atoms with E-state index in [1.807, 2.05) is 6.92 Å². The van der Waals surface area contributed by atoms with Gasteiger partial charge < -0.3 is 5.11 Å². The minimum Gasteiger partial charge on any atom is -0.481 e. The lowest BCUT2D eigenvalue weighted by Gasteiger charge is -2.36. The number of carboxylic acids is 1. The summed E-state index contributed by atoms with van der Waals surface area (Å²) in [5, 5.41) is 9.31. The van der Waals surface area contributed by atoms with Gasteiger partial charge >= 0.3 is 5.97 Å². The van der Waals surface area contributed by atoms with E-state index in [2.05, 4.69) is 4.90 Å². The van der Waals surface area contributed by atoms with Crippen molar-refractivity contribution in [2.24, 2.45) is 17.3 Å². The van der Waals surface area contributed by atoms with Gasteiger partial charge in [-0.2, -0.15) is 0 Å². The molecule has 2 aliphatic carbocycles. The van der Waals surface area contributed by atoms with Gasteiger partial charge in [0.1, 0.15) is 0 Å². The zero-order valence-electron chi connectivity index (χ0n) is 11.4. The predicted molar refractivity (Wildman–Crippen MR) is 70.4 cm³/mol. The number of hydrogen-bond acceptors (Lipinski definition) is 2. The summed E-state index contributed by atoms with van der Waals surface area (Å²) in [6.07, 6.45) is 9.12. The van der Waals surface area contributed by atoms with Crippen LogP contribution in [0.15, 0.2) is 0 Å². The number of likely N-dealkylation sites (tertiary alicyclic amines) is 1. The van der Waals surface area contributed by atoms with Crippen LogP contribution in [0.2, 0.25) is 0 Å². The molecule has 1 aliphatic heterocycles. The van der Waals surface area contributed by atoms with E-state index in [1.54, 1.807) is 0 Å². The lowest BCUT2D eigenvalue weighted by molar-refractivity contribution is -0.147. The van der Waals surface area contributed by atoms with Crippen LogP contribution in [0, 0.1) is 17.3 Å². The molecule has 0 aromatic rings. The maximum atomic E-state index is 11.3. The SMILES string of the molecule is CC1(C(=O)O)CCN(C2CCCC(C3CC3)C2)C1. The van der Waals surface area contributed by atoms with E-state index in [0.29, 0.717) is 6.04 Å². The monoisotopic (exact) mass is 251 g/mol. The minimum atomic E-state index is -0.612. The maximum Gasteiger partial charge on any atom is 0.310 e. The number of hydrogen-bond donors (Lipinski definition) is 1. The molecule has 1 N–H and O–H groups in total. The molecule has 102 valence electrons. The van der Waals surface area contributed by atoms with Gasteiger partial charge in [0.2, 0.25) is 0 Å². The molecule has 2 saturated carbocycles. The first kappa shape index (κ1) is 12.5. The van der Waals surface area contributed by atoms with E-state index in [9.17, 15) is 9.90 Å². The van der Waals surface area contributed by atoms with Crippen LogP contribution in [0.1, 0.15) is 51.9 Å². The highest BCUT2D eigenvalue weighted by Crippen LogP contribution is 2.45. The molecule has 3 fully saturated rings. The number of aliphatic carboxylic acids is 1. The Kier molecular flexibility index (Phi) is 3.13. The summed E-state index contributed by atoms with van der Waals surface area (Å²) in [5.41, 5.74) is -0.494. The van der Waals surface area contributed by atoms with Gasteiger partial charge in [0.25, 0.3) is 0 Å².